The maximum absolute atomic E-state index is 12.2. The molecule has 0 aromatic heterocycles. The highest BCUT2D eigenvalue weighted by Crippen LogP contribution is 2.17. The fourth-order valence-electron chi connectivity index (χ4n) is 2.57. The molecule has 0 saturated heterocycles. The lowest BCUT2D eigenvalue weighted by Gasteiger charge is -2.18. The number of nitrogens with one attached hydrogen (secondary N) is 1. The molecule has 166 valence electrons. The second-order valence-electron chi connectivity index (χ2n) is 6.91. The monoisotopic (exact) mass is 490 g/mol. The second-order valence-corrected chi connectivity index (χ2v) is 7.77. The number of likely N-dealkylation sites (N-methyl/N-ethyl adjacent to an activating group) is 1. The van der Waals surface area contributed by atoms with Gasteiger partial charge in [-0.3, -0.25) is 14.4 Å². The number of halogens is 1. The minimum atomic E-state index is -0.685. The van der Waals surface area contributed by atoms with Gasteiger partial charge in [0, 0.05) is 23.6 Å². The van der Waals surface area contributed by atoms with Gasteiger partial charge in [-0.25, -0.2) is 0 Å². The number of amides is 2. The Morgan fingerprint density at radius 2 is 1.77 bits per heavy atom. The highest BCUT2D eigenvalue weighted by molar-refractivity contribution is 9.10. The van der Waals surface area contributed by atoms with Crippen LogP contribution in [0.25, 0.3) is 0 Å². The Morgan fingerprint density at radius 1 is 1.06 bits per heavy atom. The van der Waals surface area contributed by atoms with E-state index in [2.05, 4.69) is 28.2 Å². The van der Waals surface area contributed by atoms with E-state index in [1.54, 1.807) is 31.3 Å². The molecular formula is C23H27BrN2O5. The summed E-state index contributed by atoms with van der Waals surface area (Å²) in [6.07, 6.45) is 2.01. The largest absolute Gasteiger partial charge is 0.494 e. The molecule has 0 bridgehead atoms. The van der Waals surface area contributed by atoms with Crippen LogP contribution in [0.5, 0.6) is 5.75 Å². The molecule has 2 amide bonds. The van der Waals surface area contributed by atoms with Crippen LogP contribution in [0.3, 0.4) is 0 Å². The molecule has 2 aromatic carbocycles. The average molecular weight is 491 g/mol. The lowest BCUT2D eigenvalue weighted by Crippen LogP contribution is -2.34. The van der Waals surface area contributed by atoms with E-state index in [4.69, 9.17) is 9.47 Å². The molecule has 0 aliphatic heterocycles. The highest BCUT2D eigenvalue weighted by Gasteiger charge is 2.14. The molecule has 0 saturated carbocycles. The number of hydrogen-bond acceptors (Lipinski definition) is 5. The van der Waals surface area contributed by atoms with Gasteiger partial charge in [0.25, 0.3) is 11.8 Å². The standard InChI is InChI=1S/C23H27BrN2O5/c1-3-4-13-30-19-11-9-17(10-12-19)23(29)25-14-22(28)31-16-21(27)26(2)15-18-7-5-6-8-20(18)24/h5-12H,3-4,13-16H2,1-2H3,(H,25,29). The summed E-state index contributed by atoms with van der Waals surface area (Å²) < 4.78 is 11.4. The van der Waals surface area contributed by atoms with Gasteiger partial charge < -0.3 is 19.7 Å². The number of unbranched alkanes of at least 4 members (excludes halogenated alkanes) is 1. The fourth-order valence-corrected chi connectivity index (χ4v) is 2.98. The van der Waals surface area contributed by atoms with E-state index in [0.717, 1.165) is 22.9 Å². The Kier molecular flexibility index (Phi) is 10.0. The number of carbonyl (C=O) groups excluding carboxylic acids is 3. The van der Waals surface area contributed by atoms with Crippen LogP contribution in [0.15, 0.2) is 53.0 Å². The quantitative estimate of drug-likeness (QED) is 0.384. The van der Waals surface area contributed by atoms with Gasteiger partial charge in [-0.1, -0.05) is 47.5 Å². The maximum Gasteiger partial charge on any atom is 0.325 e. The van der Waals surface area contributed by atoms with Crippen LogP contribution >= 0.6 is 15.9 Å². The van der Waals surface area contributed by atoms with Crippen LogP contribution in [-0.4, -0.2) is 49.5 Å². The number of nitrogens with zero attached hydrogens (tertiary/aromatic N) is 1. The Morgan fingerprint density at radius 3 is 2.45 bits per heavy atom. The van der Waals surface area contributed by atoms with Crippen molar-refractivity contribution in [3.63, 3.8) is 0 Å². The number of carbonyl (C=O) groups is 3. The van der Waals surface area contributed by atoms with Gasteiger partial charge in [0.15, 0.2) is 6.61 Å². The summed E-state index contributed by atoms with van der Waals surface area (Å²) in [4.78, 5) is 37.7. The lowest BCUT2D eigenvalue weighted by atomic mass is 10.2. The Bertz CT molecular complexity index is 886. The predicted octanol–water partition coefficient (Wildman–Crippen LogP) is 3.56. The average Bonchev–Trinajstić information content (AvgIpc) is 2.78. The van der Waals surface area contributed by atoms with Crippen LogP contribution < -0.4 is 10.1 Å². The molecule has 0 spiro atoms. The molecule has 0 radical (unpaired) electrons. The van der Waals surface area contributed by atoms with Gasteiger partial charge in [0.1, 0.15) is 12.3 Å². The van der Waals surface area contributed by atoms with Crippen molar-refractivity contribution in [2.45, 2.75) is 26.3 Å². The summed E-state index contributed by atoms with van der Waals surface area (Å²) in [6, 6.07) is 14.2. The molecule has 1 N–H and O–H groups in total. The molecular weight excluding hydrogens is 464 g/mol. The van der Waals surface area contributed by atoms with Crippen molar-refractivity contribution in [3.8, 4) is 5.75 Å². The van der Waals surface area contributed by atoms with Gasteiger partial charge in [0.2, 0.25) is 0 Å². The third-order valence-corrected chi connectivity index (χ3v) is 5.20. The summed E-state index contributed by atoms with van der Waals surface area (Å²) in [5.41, 5.74) is 1.35. The third-order valence-electron chi connectivity index (χ3n) is 4.42. The molecule has 0 atom stereocenters. The van der Waals surface area contributed by atoms with E-state index in [-0.39, 0.29) is 19.1 Å². The minimum absolute atomic E-state index is 0.325. The molecule has 0 aliphatic rings. The van der Waals surface area contributed by atoms with Gasteiger partial charge in [-0.05, 0) is 42.3 Å². The Labute approximate surface area is 190 Å². The van der Waals surface area contributed by atoms with Crippen molar-refractivity contribution < 1.29 is 23.9 Å². The van der Waals surface area contributed by atoms with E-state index < -0.39 is 11.9 Å². The fraction of sp³-hybridized carbons (Fsp3) is 0.348. The topological polar surface area (TPSA) is 84.9 Å². The van der Waals surface area contributed by atoms with Gasteiger partial charge in [-0.15, -0.1) is 0 Å². The summed E-state index contributed by atoms with van der Waals surface area (Å²) in [5, 5.41) is 2.49. The van der Waals surface area contributed by atoms with Crippen LogP contribution in [0.2, 0.25) is 0 Å². The van der Waals surface area contributed by atoms with E-state index in [1.165, 1.54) is 4.90 Å². The van der Waals surface area contributed by atoms with Crippen molar-refractivity contribution in [2.24, 2.45) is 0 Å². The molecule has 0 unspecified atom stereocenters. The van der Waals surface area contributed by atoms with Crippen molar-refractivity contribution in [1.82, 2.24) is 10.2 Å². The SMILES string of the molecule is CCCCOc1ccc(C(=O)NCC(=O)OCC(=O)N(C)Cc2ccccc2Br)cc1. The molecule has 0 aliphatic carbocycles. The van der Waals surface area contributed by atoms with Crippen molar-refractivity contribution in [3.05, 3.63) is 64.1 Å². The third kappa shape index (κ3) is 8.41. The zero-order chi connectivity index (χ0) is 22.6. The van der Waals surface area contributed by atoms with Crippen molar-refractivity contribution in [2.75, 3.05) is 26.8 Å². The summed E-state index contributed by atoms with van der Waals surface area (Å²) in [7, 11) is 1.63. The molecule has 8 heteroatoms. The maximum atomic E-state index is 12.2. The zero-order valence-electron chi connectivity index (χ0n) is 17.7. The lowest BCUT2D eigenvalue weighted by molar-refractivity contribution is -0.150. The first-order chi connectivity index (χ1) is 14.9. The number of benzene rings is 2. The molecule has 31 heavy (non-hydrogen) atoms. The van der Waals surface area contributed by atoms with Gasteiger partial charge in [-0.2, -0.15) is 0 Å². The highest BCUT2D eigenvalue weighted by atomic mass is 79.9. The van der Waals surface area contributed by atoms with E-state index in [1.807, 2.05) is 24.3 Å². The van der Waals surface area contributed by atoms with Crippen LogP contribution in [0.4, 0.5) is 0 Å². The summed E-state index contributed by atoms with van der Waals surface area (Å²) in [5.74, 6) is -0.742. The smallest absolute Gasteiger partial charge is 0.325 e. The normalized spacial score (nSPS) is 10.3. The first-order valence-electron chi connectivity index (χ1n) is 10.0. The minimum Gasteiger partial charge on any atom is -0.494 e. The van der Waals surface area contributed by atoms with Crippen molar-refractivity contribution >= 4 is 33.7 Å². The molecule has 0 heterocycles. The van der Waals surface area contributed by atoms with Crippen LogP contribution in [-0.2, 0) is 20.9 Å². The number of ether oxygens (including phenoxy) is 2. The van der Waals surface area contributed by atoms with Gasteiger partial charge >= 0.3 is 5.97 Å². The number of hydrogen-bond donors (Lipinski definition) is 1. The summed E-state index contributed by atoms with van der Waals surface area (Å²) in [6.45, 7) is 2.38. The second kappa shape index (κ2) is 12.7. The molecule has 2 rings (SSSR count). The molecule has 0 fully saturated rings. The first kappa shape index (κ1) is 24.4. The molecule has 2 aromatic rings. The van der Waals surface area contributed by atoms with E-state index >= 15 is 0 Å². The zero-order valence-corrected chi connectivity index (χ0v) is 19.3. The number of esters is 1. The van der Waals surface area contributed by atoms with E-state index in [9.17, 15) is 14.4 Å². The predicted molar refractivity (Wildman–Crippen MR) is 121 cm³/mol. The first-order valence-corrected chi connectivity index (χ1v) is 10.8. The Hall–Kier alpha value is -2.87. The van der Waals surface area contributed by atoms with Crippen molar-refractivity contribution in [1.29, 1.82) is 0 Å². The van der Waals surface area contributed by atoms with Gasteiger partial charge in [0.05, 0.1) is 6.61 Å². The van der Waals surface area contributed by atoms with Crippen LogP contribution in [0.1, 0.15) is 35.7 Å². The van der Waals surface area contributed by atoms with E-state index in [0.29, 0.717) is 24.5 Å². The molecule has 7 nitrogen and oxygen atoms in total. The number of rotatable bonds is 11. The summed E-state index contributed by atoms with van der Waals surface area (Å²) >= 11 is 3.44. The van der Waals surface area contributed by atoms with Crippen LogP contribution in [0, 0.1) is 0 Å². The Balaban J connectivity index is 1.71.